The first-order valence-electron chi connectivity index (χ1n) is 6.73. The minimum absolute atomic E-state index is 0.360. The Labute approximate surface area is 131 Å². The standard InChI is InChI=1S/C16H14N2O3S/c1-10-7-15(19)21-14-8-11(4-5-13(10)14)18-16(22)17-9-12-3-2-6-20-12/h2-8H,9H2,1H3,(H2,17,18,22). The van der Waals surface area contributed by atoms with Gasteiger partial charge in [0, 0.05) is 23.2 Å². The molecule has 0 aliphatic carbocycles. The molecule has 0 aliphatic rings. The van der Waals surface area contributed by atoms with Crippen molar-refractivity contribution in [2.45, 2.75) is 13.5 Å². The maximum absolute atomic E-state index is 11.4. The molecule has 112 valence electrons. The molecule has 0 atom stereocenters. The second kappa shape index (κ2) is 6.03. The Hall–Kier alpha value is -2.60. The van der Waals surface area contributed by atoms with Crippen LogP contribution in [-0.4, -0.2) is 5.11 Å². The van der Waals surface area contributed by atoms with E-state index in [1.807, 2.05) is 31.2 Å². The van der Waals surface area contributed by atoms with E-state index in [1.165, 1.54) is 6.07 Å². The Bertz CT molecular complexity index is 869. The Balaban J connectivity index is 1.73. The van der Waals surface area contributed by atoms with Crippen molar-refractivity contribution in [1.82, 2.24) is 5.32 Å². The summed E-state index contributed by atoms with van der Waals surface area (Å²) in [5.74, 6) is 0.796. The number of fused-ring (bicyclic) bond motifs is 1. The Morgan fingerprint density at radius 3 is 2.91 bits per heavy atom. The lowest BCUT2D eigenvalue weighted by atomic mass is 10.1. The summed E-state index contributed by atoms with van der Waals surface area (Å²) in [7, 11) is 0. The van der Waals surface area contributed by atoms with Crippen molar-refractivity contribution in [2.75, 3.05) is 5.32 Å². The first-order valence-corrected chi connectivity index (χ1v) is 7.14. The summed E-state index contributed by atoms with van der Waals surface area (Å²) in [5.41, 5.74) is 1.80. The highest BCUT2D eigenvalue weighted by molar-refractivity contribution is 7.80. The molecule has 0 spiro atoms. The van der Waals surface area contributed by atoms with Gasteiger partial charge < -0.3 is 19.5 Å². The largest absolute Gasteiger partial charge is 0.467 e. The van der Waals surface area contributed by atoms with Crippen LogP contribution in [0.4, 0.5) is 5.69 Å². The van der Waals surface area contributed by atoms with Crippen molar-refractivity contribution < 1.29 is 8.83 Å². The molecule has 0 fully saturated rings. The van der Waals surface area contributed by atoms with Crippen LogP contribution in [-0.2, 0) is 6.54 Å². The van der Waals surface area contributed by atoms with Crippen LogP contribution < -0.4 is 16.3 Å². The van der Waals surface area contributed by atoms with Gasteiger partial charge in [-0.05, 0) is 49.0 Å². The maximum atomic E-state index is 11.4. The minimum Gasteiger partial charge on any atom is -0.467 e. The Morgan fingerprint density at radius 2 is 2.14 bits per heavy atom. The van der Waals surface area contributed by atoms with E-state index in [2.05, 4.69) is 10.6 Å². The van der Waals surface area contributed by atoms with Crippen LogP contribution in [0.1, 0.15) is 11.3 Å². The van der Waals surface area contributed by atoms with Gasteiger partial charge >= 0.3 is 5.63 Å². The van der Waals surface area contributed by atoms with E-state index in [4.69, 9.17) is 21.1 Å². The zero-order valence-electron chi connectivity index (χ0n) is 11.9. The molecular weight excluding hydrogens is 300 g/mol. The molecule has 0 saturated carbocycles. The molecule has 1 aromatic carbocycles. The fourth-order valence-electron chi connectivity index (χ4n) is 2.16. The highest BCUT2D eigenvalue weighted by Crippen LogP contribution is 2.20. The van der Waals surface area contributed by atoms with Gasteiger partial charge in [-0.15, -0.1) is 0 Å². The molecule has 2 heterocycles. The van der Waals surface area contributed by atoms with Gasteiger partial charge in [0.1, 0.15) is 11.3 Å². The maximum Gasteiger partial charge on any atom is 0.336 e. The molecule has 0 aliphatic heterocycles. The summed E-state index contributed by atoms with van der Waals surface area (Å²) in [6.07, 6.45) is 1.61. The summed E-state index contributed by atoms with van der Waals surface area (Å²) in [6, 6.07) is 10.7. The number of thiocarbonyl (C=S) groups is 1. The molecule has 0 radical (unpaired) electrons. The lowest BCUT2D eigenvalue weighted by Gasteiger charge is -2.10. The van der Waals surface area contributed by atoms with E-state index in [0.29, 0.717) is 17.2 Å². The fourth-order valence-corrected chi connectivity index (χ4v) is 2.35. The van der Waals surface area contributed by atoms with Gasteiger partial charge in [0.2, 0.25) is 0 Å². The average molecular weight is 314 g/mol. The van der Waals surface area contributed by atoms with Crippen molar-refractivity contribution in [3.8, 4) is 0 Å². The van der Waals surface area contributed by atoms with Crippen molar-refractivity contribution in [1.29, 1.82) is 0 Å². The third-order valence-corrected chi connectivity index (χ3v) is 3.46. The van der Waals surface area contributed by atoms with Gasteiger partial charge in [-0.25, -0.2) is 4.79 Å². The highest BCUT2D eigenvalue weighted by Gasteiger charge is 2.05. The molecule has 0 amide bonds. The van der Waals surface area contributed by atoms with Crippen LogP contribution in [0.25, 0.3) is 11.0 Å². The predicted octanol–water partition coefficient (Wildman–Crippen LogP) is 3.18. The Morgan fingerprint density at radius 1 is 1.27 bits per heavy atom. The van der Waals surface area contributed by atoms with Crippen LogP contribution in [0.2, 0.25) is 0 Å². The molecule has 3 aromatic rings. The van der Waals surface area contributed by atoms with Gasteiger partial charge in [0.05, 0.1) is 12.8 Å². The summed E-state index contributed by atoms with van der Waals surface area (Å²) in [5, 5.41) is 7.46. The molecule has 0 saturated heterocycles. The van der Waals surface area contributed by atoms with Crippen LogP contribution in [0.5, 0.6) is 0 Å². The smallest absolute Gasteiger partial charge is 0.336 e. The molecule has 5 nitrogen and oxygen atoms in total. The summed E-state index contributed by atoms with van der Waals surface area (Å²) in [6.45, 7) is 2.38. The molecule has 0 bridgehead atoms. The number of benzene rings is 1. The van der Waals surface area contributed by atoms with Crippen LogP contribution in [0.15, 0.2) is 56.3 Å². The lowest BCUT2D eigenvalue weighted by Crippen LogP contribution is -2.27. The van der Waals surface area contributed by atoms with Crippen molar-refractivity contribution >= 4 is 34.0 Å². The number of hydrogen-bond donors (Lipinski definition) is 2. The monoisotopic (exact) mass is 314 g/mol. The van der Waals surface area contributed by atoms with Crippen molar-refractivity contribution in [3.63, 3.8) is 0 Å². The summed E-state index contributed by atoms with van der Waals surface area (Å²) < 4.78 is 10.4. The van der Waals surface area contributed by atoms with E-state index in [-0.39, 0.29) is 5.63 Å². The molecule has 22 heavy (non-hydrogen) atoms. The van der Waals surface area contributed by atoms with Crippen LogP contribution in [0, 0.1) is 6.92 Å². The molecular formula is C16H14N2O3S. The van der Waals surface area contributed by atoms with Gasteiger partial charge in [-0.2, -0.15) is 0 Å². The second-order valence-corrected chi connectivity index (χ2v) is 5.25. The number of nitrogens with one attached hydrogen (secondary N) is 2. The summed E-state index contributed by atoms with van der Waals surface area (Å²) >= 11 is 5.23. The van der Waals surface area contributed by atoms with Crippen molar-refractivity contribution in [2.24, 2.45) is 0 Å². The van der Waals surface area contributed by atoms with Crippen LogP contribution >= 0.6 is 12.2 Å². The van der Waals surface area contributed by atoms with Gasteiger partial charge in [0.15, 0.2) is 5.11 Å². The normalized spacial score (nSPS) is 10.6. The molecule has 2 aromatic heterocycles. The molecule has 6 heteroatoms. The van der Waals surface area contributed by atoms with Gasteiger partial charge in [0.25, 0.3) is 0 Å². The third kappa shape index (κ3) is 3.17. The zero-order chi connectivity index (χ0) is 15.5. The number of rotatable bonds is 3. The number of anilines is 1. The van der Waals surface area contributed by atoms with Gasteiger partial charge in [-0.1, -0.05) is 0 Å². The topological polar surface area (TPSA) is 67.4 Å². The minimum atomic E-state index is -0.360. The first-order chi connectivity index (χ1) is 10.6. The SMILES string of the molecule is Cc1cc(=O)oc2cc(NC(=S)NCc3ccco3)ccc12. The molecule has 0 unspecified atom stereocenters. The van der Waals surface area contributed by atoms with E-state index in [1.54, 1.807) is 12.3 Å². The summed E-state index contributed by atoms with van der Waals surface area (Å²) in [4.78, 5) is 11.4. The first kappa shape index (κ1) is 14.3. The Kier molecular flexibility index (Phi) is 3.93. The number of aryl methyl sites for hydroxylation is 1. The van der Waals surface area contributed by atoms with E-state index >= 15 is 0 Å². The zero-order valence-corrected chi connectivity index (χ0v) is 12.7. The van der Waals surface area contributed by atoms with E-state index in [9.17, 15) is 4.79 Å². The van der Waals surface area contributed by atoms with Crippen molar-refractivity contribution in [3.05, 3.63) is 64.4 Å². The lowest BCUT2D eigenvalue weighted by molar-refractivity contribution is 0.503. The van der Waals surface area contributed by atoms with E-state index < -0.39 is 0 Å². The second-order valence-electron chi connectivity index (χ2n) is 4.85. The highest BCUT2D eigenvalue weighted by atomic mass is 32.1. The predicted molar refractivity (Wildman–Crippen MR) is 89.0 cm³/mol. The molecule has 3 rings (SSSR count). The third-order valence-electron chi connectivity index (χ3n) is 3.21. The van der Waals surface area contributed by atoms with Crippen LogP contribution in [0.3, 0.4) is 0 Å². The average Bonchev–Trinajstić information content (AvgIpc) is 2.98. The number of furan rings is 1. The number of hydrogen-bond acceptors (Lipinski definition) is 4. The van der Waals surface area contributed by atoms with E-state index in [0.717, 1.165) is 22.4 Å². The quantitative estimate of drug-likeness (QED) is 0.572. The fraction of sp³-hybridized carbons (Fsp3) is 0.125. The van der Waals surface area contributed by atoms with Gasteiger partial charge in [-0.3, -0.25) is 0 Å². The molecule has 2 N–H and O–H groups in total.